The Morgan fingerprint density at radius 3 is 2.10 bits per heavy atom. The molecule has 1 unspecified atom stereocenters. The van der Waals surface area contributed by atoms with Crippen molar-refractivity contribution in [3.05, 3.63) is 83.5 Å². The molecule has 1 aliphatic carbocycles. The second-order valence-electron chi connectivity index (χ2n) is 24.9. The van der Waals surface area contributed by atoms with Gasteiger partial charge in [0.2, 0.25) is 23.5 Å². The molecule has 2 aromatic heterocycles. The van der Waals surface area contributed by atoms with Crippen molar-refractivity contribution in [1.29, 1.82) is 0 Å². The summed E-state index contributed by atoms with van der Waals surface area (Å²) >= 11 is 0. The molecule has 5 aliphatic rings. The third-order valence-corrected chi connectivity index (χ3v) is 18.1. The van der Waals surface area contributed by atoms with Gasteiger partial charge in [-0.1, -0.05) is 70.6 Å². The maximum Gasteiger partial charge on any atom is 0.407 e. The number of nitrogens with zero attached hydrogens (tertiary/aromatic N) is 7. The van der Waals surface area contributed by atoms with Gasteiger partial charge in [0, 0.05) is 120 Å². The van der Waals surface area contributed by atoms with Crippen LogP contribution in [-0.2, 0) is 49.4 Å². The number of piperidine rings is 1. The van der Waals surface area contributed by atoms with Crippen LogP contribution in [0.25, 0.3) is 0 Å². The summed E-state index contributed by atoms with van der Waals surface area (Å²) < 4.78 is 30.2. The number of nitrogens with two attached hydrogens (primary N) is 1. The molecule has 1 saturated carbocycles. The molecule has 4 aliphatic heterocycles. The Kier molecular flexibility index (Phi) is 25.3. The van der Waals surface area contributed by atoms with E-state index in [1.165, 1.54) is 25.0 Å². The average molecular weight is 1210 g/mol. The monoisotopic (exact) mass is 1210 g/mol. The fraction of sp³-hybridized carbons (Fsp3) is 0.672. The number of fused-ring (bicyclic) bond motifs is 3. The molecule has 6 heterocycles. The lowest BCUT2D eigenvalue weighted by molar-refractivity contribution is -0.275. The number of esters is 1. The maximum absolute atomic E-state index is 14.7. The smallest absolute Gasteiger partial charge is 0.407 e. The quantitative estimate of drug-likeness (QED) is 0.132. The predicted molar refractivity (Wildman–Crippen MR) is 324 cm³/mol. The lowest BCUT2D eigenvalue weighted by atomic mass is 9.80. The highest BCUT2D eigenvalue weighted by Gasteiger charge is 2.53. The second-order valence-corrected chi connectivity index (χ2v) is 24.9. The number of carbonyl (C=O) groups is 5. The van der Waals surface area contributed by atoms with Crippen LogP contribution in [0.2, 0.25) is 0 Å². The van der Waals surface area contributed by atoms with E-state index in [-0.39, 0.29) is 49.8 Å². The van der Waals surface area contributed by atoms with Gasteiger partial charge in [0.15, 0.2) is 12.0 Å². The summed E-state index contributed by atoms with van der Waals surface area (Å²) in [6, 6.07) is -2.10. The number of cyclic esters (lactones) is 1. The van der Waals surface area contributed by atoms with Crippen LogP contribution in [0.1, 0.15) is 130 Å². The van der Waals surface area contributed by atoms with Crippen molar-refractivity contribution >= 4 is 41.3 Å². The van der Waals surface area contributed by atoms with E-state index in [0.29, 0.717) is 101 Å². The maximum atomic E-state index is 14.7. The number of rotatable bonds is 10. The number of piperazine rings is 1. The number of aliphatic hydroxyl groups excluding tert-OH is 3. The Bertz CT molecular complexity index is 2740. The predicted octanol–water partition coefficient (Wildman–Crippen LogP) is 5.16. The SMILES string of the molecule is CO[C@H]1C[C@@H]2CC[C@@H](C)[C@@](O)(O2)C(=O)C(O)N2CCCC[C@H]2C(=O)O[C@H]([C@H](N)C[C@@H]2CC[C@@H](OC(=O)NCc3cnc(N4CCN(c5ncc(C)cn5)CC4)nc3)[C@H](OC)C2)CC(=O)[C@H](C)/C=C(\C)[C@@H](O)[C@@H](O)C(=O)[C@H](C)C[C@H](C)/C=C/C=C/C=C/1C. The van der Waals surface area contributed by atoms with Crippen molar-refractivity contribution in [3.8, 4) is 0 Å². The van der Waals surface area contributed by atoms with E-state index in [0.717, 1.165) is 11.1 Å². The Balaban J connectivity index is 1.03. The van der Waals surface area contributed by atoms with E-state index in [9.17, 15) is 44.4 Å². The minimum Gasteiger partial charge on any atom is -0.459 e. The van der Waals surface area contributed by atoms with Crippen molar-refractivity contribution in [3.63, 3.8) is 0 Å². The van der Waals surface area contributed by atoms with E-state index in [4.69, 9.17) is 29.4 Å². The zero-order chi connectivity index (χ0) is 63.1. The van der Waals surface area contributed by atoms with Gasteiger partial charge in [-0.3, -0.25) is 24.1 Å². The fourth-order valence-electron chi connectivity index (χ4n) is 12.6. The number of aliphatic hydroxyl groups is 4. The number of aromatic nitrogens is 4. The minimum absolute atomic E-state index is 0.0672. The van der Waals surface area contributed by atoms with Crippen LogP contribution >= 0.6 is 0 Å². The molecular weight excluding hydrogens is 1120 g/mol. The molecule has 1 amide bonds. The first-order valence-corrected chi connectivity index (χ1v) is 31.1. The summed E-state index contributed by atoms with van der Waals surface area (Å²) in [7, 11) is 3.10. The molecule has 0 spiro atoms. The van der Waals surface area contributed by atoms with Crippen molar-refractivity contribution in [1.82, 2.24) is 30.2 Å². The van der Waals surface area contributed by atoms with Crippen LogP contribution in [0.3, 0.4) is 0 Å². The lowest BCUT2D eigenvalue weighted by Crippen LogP contribution is -2.62. The van der Waals surface area contributed by atoms with Crippen LogP contribution < -0.4 is 20.9 Å². The number of carbonyl (C=O) groups excluding carboxylic acids is 5. The number of alkyl carbamates (subject to hydrolysis) is 1. The number of aryl methyl sites for hydroxylation is 1. The minimum atomic E-state index is -2.40. The molecule has 0 aromatic carbocycles. The molecule has 23 nitrogen and oxygen atoms in total. The third-order valence-electron chi connectivity index (χ3n) is 18.1. The van der Waals surface area contributed by atoms with Crippen LogP contribution in [-0.4, -0.2) is 188 Å². The molecular formula is C64H95N9O14. The van der Waals surface area contributed by atoms with Gasteiger partial charge in [0.1, 0.15) is 36.2 Å². The van der Waals surface area contributed by atoms with Gasteiger partial charge in [0.25, 0.3) is 0 Å². The summed E-state index contributed by atoms with van der Waals surface area (Å²) in [5.74, 6) is -6.32. The highest BCUT2D eigenvalue weighted by molar-refractivity contribution is 5.90. The van der Waals surface area contributed by atoms with E-state index in [2.05, 4.69) is 35.1 Å². The van der Waals surface area contributed by atoms with Gasteiger partial charge >= 0.3 is 12.1 Å². The number of allylic oxidation sites excluding steroid dienone is 6. The number of Topliss-reactive ketones (excluding diaryl/α,β-unsaturated/α-hetero) is 3. The molecule has 23 heteroatoms. The van der Waals surface area contributed by atoms with Gasteiger partial charge in [-0.2, -0.15) is 0 Å². The van der Waals surface area contributed by atoms with E-state index < -0.39 is 114 Å². The standard InChI is InChI=1S/C64H95N9O14/c1-38-15-11-10-12-16-40(3)52(83-8)31-47-20-18-44(7)64(82,87-47)58(78)59(79)73-22-14-13-17-49(73)60(80)85-53(32-50(74)41(4)28-43(6)56(76)57(77)55(75)42(5)27-38)48(65)29-45-19-21-51(54(30-45)84-9)86-63(81)70-37-46-35-68-62(69-36-46)72-25-23-71(24-26-72)61-66-33-39(2)34-67-61/h10-12,15-16,28,33-36,38,41-42,44-45,47-49,51-54,56-57,59,76-77,79,82H,13-14,17-27,29-32,37,65H2,1-9H3,(H,70,81)/b12-10+,15-11+,40-16+,43-28+/t38-,41-,42-,44-,45+,47+,48-,49+,51-,52+,53+,54-,56-,57+,59?,64-/m1/s1. The largest absolute Gasteiger partial charge is 0.459 e. The zero-order valence-corrected chi connectivity index (χ0v) is 52.2. The summed E-state index contributed by atoms with van der Waals surface area (Å²) in [5, 5.41) is 49.3. The van der Waals surface area contributed by atoms with E-state index >= 15 is 0 Å². The van der Waals surface area contributed by atoms with Crippen molar-refractivity contribution in [2.24, 2.45) is 35.3 Å². The highest BCUT2D eigenvalue weighted by atomic mass is 16.6. The lowest BCUT2D eigenvalue weighted by Gasteiger charge is -2.45. The van der Waals surface area contributed by atoms with Gasteiger partial charge < -0.3 is 65.0 Å². The number of methoxy groups -OCH3 is 2. The number of anilines is 2. The van der Waals surface area contributed by atoms with Gasteiger partial charge in [-0.15, -0.1) is 0 Å². The molecule has 2 bridgehead atoms. The Hall–Kier alpha value is -5.89. The van der Waals surface area contributed by atoms with E-state index in [1.54, 1.807) is 52.7 Å². The van der Waals surface area contributed by atoms with Gasteiger partial charge in [-0.25, -0.2) is 24.7 Å². The topological polar surface area (TPSA) is 312 Å². The Labute approximate surface area is 512 Å². The molecule has 87 heavy (non-hydrogen) atoms. The summed E-state index contributed by atoms with van der Waals surface area (Å²) in [5.41, 5.74) is 9.76. The molecule has 2 aromatic rings. The number of ketones is 3. The summed E-state index contributed by atoms with van der Waals surface area (Å²) in [6.07, 6.45) is 12.6. The van der Waals surface area contributed by atoms with Crippen LogP contribution in [0.4, 0.5) is 16.7 Å². The highest BCUT2D eigenvalue weighted by Crippen LogP contribution is 2.38. The number of hydrogen-bond acceptors (Lipinski definition) is 22. The Morgan fingerprint density at radius 1 is 0.782 bits per heavy atom. The molecule has 16 atom stereocenters. The number of amides is 1. The normalized spacial score (nSPS) is 35.1. The first-order valence-electron chi connectivity index (χ1n) is 31.1. The van der Waals surface area contributed by atoms with Crippen molar-refractivity contribution in [2.75, 3.05) is 56.7 Å². The van der Waals surface area contributed by atoms with Crippen LogP contribution in [0, 0.1) is 36.5 Å². The molecule has 7 rings (SSSR count). The van der Waals surface area contributed by atoms with Crippen molar-refractivity contribution < 1.29 is 68.1 Å². The average Bonchev–Trinajstić information content (AvgIpc) is 1.05. The first-order chi connectivity index (χ1) is 41.5. The second kappa shape index (κ2) is 32.0. The first kappa shape index (κ1) is 68.6. The molecule has 4 fully saturated rings. The zero-order valence-electron chi connectivity index (χ0n) is 52.2. The van der Waals surface area contributed by atoms with Crippen LogP contribution in [0.5, 0.6) is 0 Å². The summed E-state index contributed by atoms with van der Waals surface area (Å²) in [6.45, 7) is 15.4. The molecule has 0 radical (unpaired) electrons. The summed E-state index contributed by atoms with van der Waals surface area (Å²) in [4.78, 5) is 93.7. The fourth-order valence-corrected chi connectivity index (χ4v) is 12.6. The number of ether oxygens (including phenoxy) is 5. The number of hydrogen-bond donors (Lipinski definition) is 6. The molecule has 3 saturated heterocycles. The van der Waals surface area contributed by atoms with Crippen LogP contribution in [0.15, 0.2) is 72.4 Å². The van der Waals surface area contributed by atoms with Gasteiger partial charge in [-0.05, 0) is 107 Å². The van der Waals surface area contributed by atoms with Crippen molar-refractivity contribution in [2.45, 2.75) is 199 Å². The molecule has 480 valence electrons. The van der Waals surface area contributed by atoms with Gasteiger partial charge in [0.05, 0.1) is 18.3 Å². The third kappa shape index (κ3) is 18.4. The Morgan fingerprint density at radius 2 is 1.45 bits per heavy atom. The molecule has 7 N–H and O–H groups in total. The number of nitrogens with one attached hydrogen (secondary N) is 1. The van der Waals surface area contributed by atoms with E-state index in [1.807, 2.05) is 51.2 Å².